The molecule has 212 valence electrons. The van der Waals surface area contributed by atoms with Crippen molar-refractivity contribution in [3.63, 3.8) is 0 Å². The van der Waals surface area contributed by atoms with Crippen LogP contribution in [-0.4, -0.2) is 91.6 Å². The van der Waals surface area contributed by atoms with Gasteiger partial charge in [0.1, 0.15) is 12.4 Å². The van der Waals surface area contributed by atoms with Crippen molar-refractivity contribution in [2.24, 2.45) is 11.5 Å². The number of rotatable bonds is 16. The molecule has 38 heavy (non-hydrogen) atoms. The lowest BCUT2D eigenvalue weighted by Gasteiger charge is -2.31. The number of aliphatic hydroxyl groups is 3. The fourth-order valence-electron chi connectivity index (χ4n) is 3.80. The highest BCUT2D eigenvalue weighted by Gasteiger charge is 2.28. The molecule has 2 rings (SSSR count). The van der Waals surface area contributed by atoms with Gasteiger partial charge >= 0.3 is 6.09 Å². The zero-order chi connectivity index (χ0) is 28.1. The predicted molar refractivity (Wildman–Crippen MR) is 152 cm³/mol. The third-order valence-corrected chi connectivity index (χ3v) is 7.91. The van der Waals surface area contributed by atoms with Gasteiger partial charge in [-0.3, -0.25) is 0 Å². The van der Waals surface area contributed by atoms with Crippen LogP contribution in [0.5, 0.6) is 5.75 Å². The number of carbonyl (C=O) groups excluding carboxylic acids is 1. The molecule has 9 nitrogen and oxygen atoms in total. The molecule has 10 heteroatoms. The molecule has 0 aliphatic rings. The van der Waals surface area contributed by atoms with Crippen molar-refractivity contribution in [2.75, 3.05) is 32.9 Å². The van der Waals surface area contributed by atoms with E-state index in [-0.39, 0.29) is 32.9 Å². The van der Waals surface area contributed by atoms with E-state index in [9.17, 15) is 15.0 Å². The van der Waals surface area contributed by atoms with Gasteiger partial charge in [-0.1, -0.05) is 62.1 Å². The standard InChI is InChI=1S/C28H45N3O6Si/c1-38(2,3)16-15-37-28(35)31(19-26(33)24(29)17-21-7-5-4-6-8-21)20-27(34)25(30)18-22-9-11-23(12-10-22)36-14-13-32/h4-12,24-27,32-34H,13-20,29-30H2,1-3H3/t24-,25-,26+,27+/m0/s1. The van der Waals surface area contributed by atoms with Gasteiger partial charge in [0.2, 0.25) is 0 Å². The third kappa shape index (κ3) is 11.9. The van der Waals surface area contributed by atoms with Crippen LogP contribution in [0.3, 0.4) is 0 Å². The van der Waals surface area contributed by atoms with E-state index in [1.807, 2.05) is 42.5 Å². The lowest BCUT2D eigenvalue weighted by molar-refractivity contribution is 0.0368. The summed E-state index contributed by atoms with van der Waals surface area (Å²) in [6.45, 7) is 6.82. The number of ether oxygens (including phenoxy) is 2. The molecule has 0 saturated heterocycles. The third-order valence-electron chi connectivity index (χ3n) is 6.21. The van der Waals surface area contributed by atoms with E-state index in [0.717, 1.165) is 17.2 Å². The Kier molecular flexibility index (Phi) is 13.2. The van der Waals surface area contributed by atoms with Gasteiger partial charge in [0.15, 0.2) is 0 Å². The maximum Gasteiger partial charge on any atom is 0.409 e. The second-order valence-electron chi connectivity index (χ2n) is 10.9. The Morgan fingerprint density at radius 3 is 1.89 bits per heavy atom. The van der Waals surface area contributed by atoms with Gasteiger partial charge in [0.25, 0.3) is 0 Å². The van der Waals surface area contributed by atoms with Crippen LogP contribution in [-0.2, 0) is 17.6 Å². The highest BCUT2D eigenvalue weighted by molar-refractivity contribution is 6.76. The molecular weight excluding hydrogens is 502 g/mol. The second-order valence-corrected chi connectivity index (χ2v) is 16.5. The van der Waals surface area contributed by atoms with E-state index in [4.69, 9.17) is 26.0 Å². The Labute approximate surface area is 227 Å². The first kappa shape index (κ1) is 31.7. The van der Waals surface area contributed by atoms with Gasteiger partial charge in [0, 0.05) is 20.2 Å². The molecular formula is C28H45N3O6Si. The molecule has 0 aliphatic carbocycles. The van der Waals surface area contributed by atoms with E-state index >= 15 is 0 Å². The Balaban J connectivity index is 2.02. The fourth-order valence-corrected chi connectivity index (χ4v) is 4.51. The summed E-state index contributed by atoms with van der Waals surface area (Å²) in [4.78, 5) is 14.3. The van der Waals surface area contributed by atoms with Crippen molar-refractivity contribution >= 4 is 14.2 Å². The monoisotopic (exact) mass is 547 g/mol. The molecule has 1 amide bonds. The van der Waals surface area contributed by atoms with Crippen LogP contribution in [0.25, 0.3) is 0 Å². The summed E-state index contributed by atoms with van der Waals surface area (Å²) in [7, 11) is -1.41. The van der Waals surface area contributed by atoms with Crippen LogP contribution < -0.4 is 16.2 Å². The largest absolute Gasteiger partial charge is 0.491 e. The van der Waals surface area contributed by atoms with Crippen LogP contribution in [0.1, 0.15) is 11.1 Å². The Morgan fingerprint density at radius 1 is 0.868 bits per heavy atom. The predicted octanol–water partition coefficient (Wildman–Crippen LogP) is 2.00. The van der Waals surface area contributed by atoms with Gasteiger partial charge in [-0.15, -0.1) is 0 Å². The van der Waals surface area contributed by atoms with Crippen molar-refractivity contribution < 1.29 is 29.6 Å². The SMILES string of the molecule is C[Si](C)(C)CCOC(=O)N(C[C@@H](O)[C@@H](N)Cc1ccccc1)C[C@@H](O)[C@@H](N)Cc1ccc(OCCO)cc1. The van der Waals surface area contributed by atoms with Crippen molar-refractivity contribution in [2.45, 2.75) is 62.8 Å². The molecule has 0 heterocycles. The first-order valence-electron chi connectivity index (χ1n) is 13.1. The lowest BCUT2D eigenvalue weighted by atomic mass is 10.0. The molecule has 0 aliphatic heterocycles. The number of carbonyl (C=O) groups is 1. The molecule has 0 spiro atoms. The number of benzene rings is 2. The number of nitrogens with two attached hydrogens (primary N) is 2. The highest BCUT2D eigenvalue weighted by atomic mass is 28.3. The number of amides is 1. The number of aliphatic hydroxyl groups excluding tert-OH is 3. The first-order valence-corrected chi connectivity index (χ1v) is 16.8. The van der Waals surface area contributed by atoms with E-state index < -0.39 is 38.5 Å². The topological polar surface area (TPSA) is 151 Å². The van der Waals surface area contributed by atoms with Crippen molar-refractivity contribution in [3.05, 3.63) is 65.7 Å². The van der Waals surface area contributed by atoms with Gasteiger partial charge in [-0.2, -0.15) is 0 Å². The summed E-state index contributed by atoms with van der Waals surface area (Å²) in [6.07, 6.45) is -1.86. The van der Waals surface area contributed by atoms with E-state index in [1.165, 1.54) is 4.90 Å². The van der Waals surface area contributed by atoms with Crippen LogP contribution in [0, 0.1) is 0 Å². The summed E-state index contributed by atoms with van der Waals surface area (Å²) in [6, 6.07) is 16.4. The molecule has 2 aromatic carbocycles. The van der Waals surface area contributed by atoms with E-state index in [1.54, 1.807) is 12.1 Å². The molecule has 0 bridgehead atoms. The molecule has 0 saturated carbocycles. The minimum Gasteiger partial charge on any atom is -0.491 e. The van der Waals surface area contributed by atoms with Crippen molar-refractivity contribution in [1.29, 1.82) is 0 Å². The summed E-state index contributed by atoms with van der Waals surface area (Å²) >= 11 is 0. The smallest absolute Gasteiger partial charge is 0.409 e. The summed E-state index contributed by atoms with van der Waals surface area (Å²) in [5, 5.41) is 30.6. The minimum absolute atomic E-state index is 0.0677. The first-order chi connectivity index (χ1) is 18.0. The molecule has 0 fully saturated rings. The molecule has 7 N–H and O–H groups in total. The normalized spacial score (nSPS) is 14.8. The van der Waals surface area contributed by atoms with Crippen molar-refractivity contribution in [3.8, 4) is 5.75 Å². The zero-order valence-corrected chi connectivity index (χ0v) is 23.8. The maximum absolute atomic E-state index is 13.0. The van der Waals surface area contributed by atoms with E-state index in [2.05, 4.69) is 19.6 Å². The molecule has 0 radical (unpaired) electrons. The number of nitrogens with zero attached hydrogens (tertiary/aromatic N) is 1. The van der Waals surface area contributed by atoms with Gasteiger partial charge in [-0.25, -0.2) is 4.79 Å². The summed E-state index contributed by atoms with van der Waals surface area (Å²) in [5.74, 6) is 0.630. The summed E-state index contributed by atoms with van der Waals surface area (Å²) in [5.41, 5.74) is 14.4. The van der Waals surface area contributed by atoms with Crippen molar-refractivity contribution in [1.82, 2.24) is 4.90 Å². The molecule has 0 aromatic heterocycles. The van der Waals surface area contributed by atoms with Crippen LogP contribution in [0.15, 0.2) is 54.6 Å². The minimum atomic E-state index is -1.41. The molecule has 2 aromatic rings. The van der Waals surface area contributed by atoms with E-state index in [0.29, 0.717) is 18.6 Å². The number of hydrogen-bond acceptors (Lipinski definition) is 8. The average molecular weight is 548 g/mol. The van der Waals surface area contributed by atoms with Gasteiger partial charge < -0.3 is 41.2 Å². The van der Waals surface area contributed by atoms with Crippen LogP contribution in [0.2, 0.25) is 25.7 Å². The molecule has 0 unspecified atom stereocenters. The molecule has 4 atom stereocenters. The lowest BCUT2D eigenvalue weighted by Crippen LogP contribution is -2.51. The highest BCUT2D eigenvalue weighted by Crippen LogP contribution is 2.15. The van der Waals surface area contributed by atoms with Crippen LogP contribution >= 0.6 is 0 Å². The Hall–Kier alpha value is -2.47. The fraction of sp³-hybridized carbons (Fsp3) is 0.536. The second kappa shape index (κ2) is 15.8. The zero-order valence-electron chi connectivity index (χ0n) is 22.8. The van der Waals surface area contributed by atoms with Crippen LogP contribution in [0.4, 0.5) is 4.79 Å². The van der Waals surface area contributed by atoms with Gasteiger partial charge in [-0.05, 0) is 42.1 Å². The Bertz CT molecular complexity index is 942. The van der Waals surface area contributed by atoms with Gasteiger partial charge in [0.05, 0.1) is 38.5 Å². The quantitative estimate of drug-likeness (QED) is 0.200. The number of hydrogen-bond donors (Lipinski definition) is 5. The average Bonchev–Trinajstić information content (AvgIpc) is 2.87. The maximum atomic E-state index is 13.0. The Morgan fingerprint density at radius 2 is 1.39 bits per heavy atom. The summed E-state index contributed by atoms with van der Waals surface area (Å²) < 4.78 is 10.9.